The van der Waals surface area contributed by atoms with Crippen molar-refractivity contribution < 1.29 is 4.74 Å². The number of nitrogens with one attached hydrogen (secondary N) is 1. The number of piperidine rings is 1. The van der Waals surface area contributed by atoms with Gasteiger partial charge in [0.25, 0.3) is 0 Å². The van der Waals surface area contributed by atoms with Gasteiger partial charge in [-0.05, 0) is 39.3 Å². The Kier molecular flexibility index (Phi) is 5.80. The minimum Gasteiger partial charge on any atom is -0.497 e. The average molecular weight is 277 g/mol. The van der Waals surface area contributed by atoms with Crippen LogP contribution in [0.5, 0.6) is 5.75 Å². The van der Waals surface area contributed by atoms with Crippen LogP contribution in [-0.2, 0) is 6.54 Å². The number of pyridine rings is 1. The molecule has 1 aliphatic heterocycles. The Hall–Kier alpha value is -1.13. The third kappa shape index (κ3) is 4.18. The van der Waals surface area contributed by atoms with Crippen molar-refractivity contribution in [2.75, 3.05) is 26.7 Å². The fourth-order valence-corrected chi connectivity index (χ4v) is 2.93. The first kappa shape index (κ1) is 15.3. The van der Waals surface area contributed by atoms with Crippen molar-refractivity contribution in [1.29, 1.82) is 0 Å². The summed E-state index contributed by atoms with van der Waals surface area (Å²) in [7, 11) is 1.72. The molecular weight excluding hydrogens is 250 g/mol. The van der Waals surface area contributed by atoms with Gasteiger partial charge in [-0.3, -0.25) is 9.88 Å². The highest BCUT2D eigenvalue weighted by Gasteiger charge is 2.21. The number of methoxy groups -OCH3 is 1. The summed E-state index contributed by atoms with van der Waals surface area (Å²) in [4.78, 5) is 7.22. The third-order valence-corrected chi connectivity index (χ3v) is 3.88. The van der Waals surface area contributed by atoms with E-state index >= 15 is 0 Å². The largest absolute Gasteiger partial charge is 0.497 e. The van der Waals surface area contributed by atoms with E-state index in [0.29, 0.717) is 6.04 Å². The van der Waals surface area contributed by atoms with Crippen LogP contribution in [0.25, 0.3) is 0 Å². The fraction of sp³-hybridized carbons (Fsp3) is 0.688. The van der Waals surface area contributed by atoms with Gasteiger partial charge in [-0.2, -0.15) is 0 Å². The molecule has 0 aromatic carbocycles. The SMILES string of the molecule is CCCN(Cc1cc(OC)cc(C)n1)C1CCCNC1. The van der Waals surface area contributed by atoms with Crippen LogP contribution in [-0.4, -0.2) is 42.7 Å². The van der Waals surface area contributed by atoms with E-state index in [-0.39, 0.29) is 0 Å². The molecule has 4 nitrogen and oxygen atoms in total. The summed E-state index contributed by atoms with van der Waals surface area (Å²) >= 11 is 0. The molecule has 2 heterocycles. The summed E-state index contributed by atoms with van der Waals surface area (Å²) in [5, 5.41) is 3.51. The van der Waals surface area contributed by atoms with E-state index in [4.69, 9.17) is 4.74 Å². The summed E-state index contributed by atoms with van der Waals surface area (Å²) in [6.07, 6.45) is 3.74. The van der Waals surface area contributed by atoms with Gasteiger partial charge < -0.3 is 10.1 Å². The molecule has 0 saturated carbocycles. The highest BCUT2D eigenvalue weighted by Crippen LogP contribution is 2.18. The van der Waals surface area contributed by atoms with Gasteiger partial charge in [0.15, 0.2) is 0 Å². The van der Waals surface area contributed by atoms with E-state index in [0.717, 1.165) is 43.3 Å². The Morgan fingerprint density at radius 1 is 1.45 bits per heavy atom. The van der Waals surface area contributed by atoms with E-state index in [1.807, 2.05) is 13.0 Å². The molecule has 1 N–H and O–H groups in total. The average Bonchev–Trinajstić information content (AvgIpc) is 2.47. The van der Waals surface area contributed by atoms with Crippen LogP contribution in [0.2, 0.25) is 0 Å². The van der Waals surface area contributed by atoms with Gasteiger partial charge in [0, 0.05) is 37.0 Å². The lowest BCUT2D eigenvalue weighted by Gasteiger charge is -2.34. The summed E-state index contributed by atoms with van der Waals surface area (Å²) in [5.41, 5.74) is 2.14. The predicted molar refractivity (Wildman–Crippen MR) is 82.1 cm³/mol. The normalized spacial score (nSPS) is 19.3. The molecule has 1 atom stereocenters. The number of nitrogens with zero attached hydrogens (tertiary/aromatic N) is 2. The quantitative estimate of drug-likeness (QED) is 0.866. The van der Waals surface area contributed by atoms with Crippen LogP contribution in [0.15, 0.2) is 12.1 Å². The lowest BCUT2D eigenvalue weighted by molar-refractivity contribution is 0.156. The monoisotopic (exact) mass is 277 g/mol. The van der Waals surface area contributed by atoms with Crippen LogP contribution >= 0.6 is 0 Å². The van der Waals surface area contributed by atoms with Gasteiger partial charge in [0.05, 0.1) is 12.8 Å². The van der Waals surface area contributed by atoms with Gasteiger partial charge in [0.2, 0.25) is 0 Å². The smallest absolute Gasteiger partial charge is 0.122 e. The van der Waals surface area contributed by atoms with E-state index < -0.39 is 0 Å². The summed E-state index contributed by atoms with van der Waals surface area (Å²) in [6, 6.07) is 4.68. The van der Waals surface area contributed by atoms with Crippen molar-refractivity contribution >= 4 is 0 Å². The minimum absolute atomic E-state index is 0.636. The molecule has 0 aliphatic carbocycles. The zero-order chi connectivity index (χ0) is 14.4. The third-order valence-electron chi connectivity index (χ3n) is 3.88. The number of aryl methyl sites for hydroxylation is 1. The van der Waals surface area contributed by atoms with Crippen molar-refractivity contribution in [2.24, 2.45) is 0 Å². The molecule has 0 spiro atoms. The molecule has 1 aliphatic rings. The molecule has 0 amide bonds. The van der Waals surface area contributed by atoms with Crippen LogP contribution < -0.4 is 10.1 Å². The fourth-order valence-electron chi connectivity index (χ4n) is 2.93. The van der Waals surface area contributed by atoms with Crippen molar-refractivity contribution in [3.05, 3.63) is 23.5 Å². The van der Waals surface area contributed by atoms with Crippen LogP contribution in [0, 0.1) is 6.92 Å². The highest BCUT2D eigenvalue weighted by atomic mass is 16.5. The zero-order valence-electron chi connectivity index (χ0n) is 13.0. The van der Waals surface area contributed by atoms with Gasteiger partial charge in [0.1, 0.15) is 5.75 Å². The van der Waals surface area contributed by atoms with Crippen molar-refractivity contribution in [3.63, 3.8) is 0 Å². The van der Waals surface area contributed by atoms with Gasteiger partial charge >= 0.3 is 0 Å². The molecular formula is C16H27N3O. The maximum absolute atomic E-state index is 5.35. The predicted octanol–water partition coefficient (Wildman–Crippen LogP) is 2.36. The zero-order valence-corrected chi connectivity index (χ0v) is 13.0. The van der Waals surface area contributed by atoms with Crippen molar-refractivity contribution in [1.82, 2.24) is 15.2 Å². The number of rotatable bonds is 6. The Morgan fingerprint density at radius 3 is 2.95 bits per heavy atom. The van der Waals surface area contributed by atoms with Gasteiger partial charge in [-0.1, -0.05) is 6.92 Å². The van der Waals surface area contributed by atoms with Crippen LogP contribution in [0.4, 0.5) is 0 Å². The Morgan fingerprint density at radius 2 is 2.30 bits per heavy atom. The first-order chi connectivity index (χ1) is 9.72. The second-order valence-corrected chi connectivity index (χ2v) is 5.61. The molecule has 2 rings (SSSR count). The van der Waals surface area contributed by atoms with E-state index in [1.54, 1.807) is 7.11 Å². The maximum Gasteiger partial charge on any atom is 0.122 e. The van der Waals surface area contributed by atoms with E-state index in [2.05, 4.69) is 28.2 Å². The highest BCUT2D eigenvalue weighted by molar-refractivity contribution is 5.26. The van der Waals surface area contributed by atoms with Crippen molar-refractivity contribution in [3.8, 4) is 5.75 Å². The molecule has 112 valence electrons. The number of hydrogen-bond donors (Lipinski definition) is 1. The number of hydrogen-bond acceptors (Lipinski definition) is 4. The van der Waals surface area contributed by atoms with Crippen LogP contribution in [0.1, 0.15) is 37.6 Å². The molecule has 0 radical (unpaired) electrons. The van der Waals surface area contributed by atoms with E-state index in [9.17, 15) is 0 Å². The lowest BCUT2D eigenvalue weighted by Crippen LogP contribution is -2.46. The summed E-state index contributed by atoms with van der Waals surface area (Å²) in [6.45, 7) is 8.57. The summed E-state index contributed by atoms with van der Waals surface area (Å²) < 4.78 is 5.35. The second kappa shape index (κ2) is 7.60. The number of ether oxygens (including phenoxy) is 1. The second-order valence-electron chi connectivity index (χ2n) is 5.61. The van der Waals surface area contributed by atoms with Gasteiger partial charge in [-0.25, -0.2) is 0 Å². The number of aromatic nitrogens is 1. The van der Waals surface area contributed by atoms with E-state index in [1.165, 1.54) is 19.3 Å². The standard InChI is InChI=1S/C16H27N3O/c1-4-8-19(15-6-5-7-17-11-15)12-14-10-16(20-3)9-13(2)18-14/h9-10,15,17H,4-8,11-12H2,1-3H3. The molecule has 1 fully saturated rings. The molecule has 1 aromatic heterocycles. The minimum atomic E-state index is 0.636. The Labute approximate surface area is 122 Å². The first-order valence-corrected chi connectivity index (χ1v) is 7.69. The molecule has 0 bridgehead atoms. The Bertz CT molecular complexity index is 416. The molecule has 20 heavy (non-hydrogen) atoms. The summed E-state index contributed by atoms with van der Waals surface area (Å²) in [5.74, 6) is 0.908. The molecule has 4 heteroatoms. The lowest BCUT2D eigenvalue weighted by atomic mass is 10.1. The Balaban J connectivity index is 2.08. The molecule has 1 aromatic rings. The van der Waals surface area contributed by atoms with Crippen LogP contribution in [0.3, 0.4) is 0 Å². The maximum atomic E-state index is 5.35. The topological polar surface area (TPSA) is 37.4 Å². The first-order valence-electron chi connectivity index (χ1n) is 7.69. The molecule has 1 unspecified atom stereocenters. The van der Waals surface area contributed by atoms with Crippen molar-refractivity contribution in [2.45, 2.75) is 45.7 Å². The van der Waals surface area contributed by atoms with Gasteiger partial charge in [-0.15, -0.1) is 0 Å². The molecule has 1 saturated heterocycles.